The maximum absolute atomic E-state index is 12.2. The molecule has 0 bridgehead atoms. The van der Waals surface area contributed by atoms with Crippen molar-refractivity contribution < 1.29 is 9.72 Å². The average molecular weight is 368 g/mol. The first-order valence-corrected chi connectivity index (χ1v) is 8.67. The Morgan fingerprint density at radius 3 is 2.73 bits per heavy atom. The largest absolute Gasteiger partial charge is 0.373 e. The van der Waals surface area contributed by atoms with Gasteiger partial charge in [-0.2, -0.15) is 5.10 Å². The smallest absolute Gasteiger partial charge is 0.324 e. The summed E-state index contributed by atoms with van der Waals surface area (Å²) in [7, 11) is 0. The number of fused-ring (bicyclic) bond motifs is 1. The van der Waals surface area contributed by atoms with Gasteiger partial charge >= 0.3 is 5.00 Å². The van der Waals surface area contributed by atoms with E-state index in [2.05, 4.69) is 15.8 Å². The number of nitrogens with one attached hydrogen (secondary N) is 2. The third kappa shape index (κ3) is 4.04. The van der Waals surface area contributed by atoms with Gasteiger partial charge in [0.2, 0.25) is 0 Å². The molecule has 2 aromatic carbocycles. The lowest BCUT2D eigenvalue weighted by Crippen LogP contribution is -2.34. The molecule has 0 saturated carbocycles. The van der Waals surface area contributed by atoms with Crippen LogP contribution in [0.3, 0.4) is 0 Å². The van der Waals surface area contributed by atoms with Gasteiger partial charge in [0.1, 0.15) is 6.04 Å². The number of hydrazone groups is 1. The van der Waals surface area contributed by atoms with Crippen LogP contribution in [0.5, 0.6) is 0 Å². The Kier molecular flexibility index (Phi) is 5.23. The minimum atomic E-state index is -0.504. The van der Waals surface area contributed by atoms with Gasteiger partial charge in [-0.25, -0.2) is 5.43 Å². The molecule has 1 amide bonds. The molecule has 0 saturated heterocycles. The van der Waals surface area contributed by atoms with E-state index in [9.17, 15) is 14.9 Å². The maximum atomic E-state index is 12.2. The van der Waals surface area contributed by atoms with Crippen molar-refractivity contribution in [1.82, 2.24) is 5.43 Å². The predicted molar refractivity (Wildman–Crippen MR) is 104 cm³/mol. The Morgan fingerprint density at radius 1 is 1.19 bits per heavy atom. The van der Waals surface area contributed by atoms with Crippen molar-refractivity contribution in [2.75, 3.05) is 5.32 Å². The van der Waals surface area contributed by atoms with E-state index in [4.69, 9.17) is 0 Å². The van der Waals surface area contributed by atoms with Gasteiger partial charge in [0.05, 0.1) is 16.0 Å². The summed E-state index contributed by atoms with van der Waals surface area (Å²) in [6, 6.07) is 16.2. The van der Waals surface area contributed by atoms with Crippen molar-refractivity contribution in [1.29, 1.82) is 0 Å². The second-order valence-corrected chi connectivity index (χ2v) is 6.65. The van der Waals surface area contributed by atoms with Crippen LogP contribution >= 0.6 is 11.3 Å². The van der Waals surface area contributed by atoms with Crippen LogP contribution in [0.25, 0.3) is 10.8 Å². The van der Waals surface area contributed by atoms with E-state index in [1.807, 2.05) is 42.5 Å². The SMILES string of the molecule is C[C@@H](Nc1cccc2ccccc12)C(=O)N/N=C\c1ccc([N+](=O)[O-])s1. The number of anilines is 1. The number of rotatable bonds is 6. The van der Waals surface area contributed by atoms with Gasteiger partial charge in [0.25, 0.3) is 5.91 Å². The number of thiophene rings is 1. The van der Waals surface area contributed by atoms with Gasteiger partial charge in [-0.05, 0) is 24.4 Å². The summed E-state index contributed by atoms with van der Waals surface area (Å²) in [6.07, 6.45) is 1.39. The van der Waals surface area contributed by atoms with Crippen molar-refractivity contribution in [3.63, 3.8) is 0 Å². The first-order valence-electron chi connectivity index (χ1n) is 7.86. The highest BCUT2D eigenvalue weighted by Gasteiger charge is 2.13. The molecule has 0 spiro atoms. The molecule has 132 valence electrons. The third-order valence-electron chi connectivity index (χ3n) is 3.71. The molecule has 2 N–H and O–H groups in total. The van der Waals surface area contributed by atoms with Crippen molar-refractivity contribution in [2.45, 2.75) is 13.0 Å². The Balaban J connectivity index is 1.62. The van der Waals surface area contributed by atoms with Crippen LogP contribution in [0, 0.1) is 10.1 Å². The van der Waals surface area contributed by atoms with E-state index in [1.54, 1.807) is 13.0 Å². The third-order valence-corrected chi connectivity index (χ3v) is 4.69. The normalized spacial score (nSPS) is 12.2. The molecule has 1 heterocycles. The molecule has 0 radical (unpaired) electrons. The van der Waals surface area contributed by atoms with E-state index in [-0.39, 0.29) is 10.9 Å². The fourth-order valence-corrected chi connectivity index (χ4v) is 3.11. The number of hydrogen-bond donors (Lipinski definition) is 2. The summed E-state index contributed by atoms with van der Waals surface area (Å²) in [5.41, 5.74) is 3.31. The summed E-state index contributed by atoms with van der Waals surface area (Å²) in [6.45, 7) is 1.74. The Hall–Kier alpha value is -3.26. The lowest BCUT2D eigenvalue weighted by Gasteiger charge is -2.15. The van der Waals surface area contributed by atoms with Crippen LogP contribution in [0.1, 0.15) is 11.8 Å². The highest BCUT2D eigenvalue weighted by Crippen LogP contribution is 2.24. The van der Waals surface area contributed by atoms with Gasteiger partial charge in [-0.3, -0.25) is 14.9 Å². The van der Waals surface area contributed by atoms with Gasteiger partial charge in [-0.15, -0.1) is 0 Å². The van der Waals surface area contributed by atoms with Gasteiger partial charge in [-0.1, -0.05) is 47.7 Å². The number of benzene rings is 2. The molecule has 0 fully saturated rings. The monoisotopic (exact) mass is 368 g/mol. The van der Waals surface area contributed by atoms with Crippen molar-refractivity contribution in [2.24, 2.45) is 5.10 Å². The Morgan fingerprint density at radius 2 is 1.96 bits per heavy atom. The zero-order valence-electron chi connectivity index (χ0n) is 13.9. The number of amides is 1. The maximum Gasteiger partial charge on any atom is 0.324 e. The Labute approximate surface area is 153 Å². The lowest BCUT2D eigenvalue weighted by molar-refractivity contribution is -0.380. The second kappa shape index (κ2) is 7.75. The first-order chi connectivity index (χ1) is 12.5. The highest BCUT2D eigenvalue weighted by molar-refractivity contribution is 7.16. The lowest BCUT2D eigenvalue weighted by atomic mass is 10.1. The molecule has 3 aromatic rings. The zero-order chi connectivity index (χ0) is 18.5. The van der Waals surface area contributed by atoms with E-state index in [1.165, 1.54) is 12.3 Å². The molecule has 1 aromatic heterocycles. The molecular formula is C18H16N4O3S. The molecule has 0 unspecified atom stereocenters. The fraction of sp³-hybridized carbons (Fsp3) is 0.111. The van der Waals surface area contributed by atoms with Crippen LogP contribution in [0.4, 0.5) is 10.7 Å². The predicted octanol–water partition coefficient (Wildman–Crippen LogP) is 3.76. The van der Waals surface area contributed by atoms with Gasteiger partial charge in [0, 0.05) is 17.1 Å². The molecule has 0 aliphatic heterocycles. The van der Waals surface area contributed by atoms with Crippen LogP contribution in [-0.2, 0) is 4.79 Å². The quantitative estimate of drug-likeness (QED) is 0.393. The van der Waals surface area contributed by atoms with E-state index in [0.717, 1.165) is 27.8 Å². The zero-order valence-corrected chi connectivity index (χ0v) is 14.7. The van der Waals surface area contributed by atoms with Crippen LogP contribution in [-0.4, -0.2) is 23.1 Å². The van der Waals surface area contributed by atoms with Crippen molar-refractivity contribution in [3.05, 3.63) is 69.6 Å². The van der Waals surface area contributed by atoms with Crippen molar-refractivity contribution in [3.8, 4) is 0 Å². The molecule has 0 aliphatic rings. The first kappa shape index (κ1) is 17.6. The molecule has 3 rings (SSSR count). The van der Waals surface area contributed by atoms with Gasteiger partial charge in [0.15, 0.2) is 0 Å². The minimum Gasteiger partial charge on any atom is -0.373 e. The Bertz CT molecular complexity index is 978. The van der Waals surface area contributed by atoms with Crippen LogP contribution < -0.4 is 10.7 Å². The van der Waals surface area contributed by atoms with Crippen molar-refractivity contribution >= 4 is 44.9 Å². The standard InChI is InChI=1S/C18H16N4O3S/c1-12(20-16-8-4-6-13-5-2-3-7-15(13)16)18(23)21-19-11-14-9-10-17(26-14)22(24)25/h2-12,20H,1H3,(H,21,23)/b19-11-/t12-/m1/s1. The molecule has 1 atom stereocenters. The summed E-state index contributed by atoms with van der Waals surface area (Å²) < 4.78 is 0. The molecular weight excluding hydrogens is 352 g/mol. The minimum absolute atomic E-state index is 0.0313. The molecule has 7 nitrogen and oxygen atoms in total. The highest BCUT2D eigenvalue weighted by atomic mass is 32.1. The molecule has 26 heavy (non-hydrogen) atoms. The summed E-state index contributed by atoms with van der Waals surface area (Å²) in [5.74, 6) is -0.305. The summed E-state index contributed by atoms with van der Waals surface area (Å²) in [4.78, 5) is 23.0. The summed E-state index contributed by atoms with van der Waals surface area (Å²) >= 11 is 0.990. The number of nitrogens with zero attached hydrogens (tertiary/aromatic N) is 2. The molecule has 8 heteroatoms. The number of hydrogen-bond acceptors (Lipinski definition) is 6. The molecule has 0 aliphatic carbocycles. The van der Waals surface area contributed by atoms with E-state index >= 15 is 0 Å². The fourth-order valence-electron chi connectivity index (χ4n) is 2.42. The topological polar surface area (TPSA) is 96.6 Å². The summed E-state index contributed by atoms with van der Waals surface area (Å²) in [5, 5.41) is 19.8. The van der Waals surface area contributed by atoms with E-state index < -0.39 is 11.0 Å². The van der Waals surface area contributed by atoms with E-state index in [0.29, 0.717) is 4.88 Å². The van der Waals surface area contributed by atoms with Gasteiger partial charge < -0.3 is 5.32 Å². The average Bonchev–Trinajstić information content (AvgIpc) is 3.11. The number of carbonyl (C=O) groups is 1. The number of carbonyl (C=O) groups excluding carboxylic acids is 1. The van der Waals surface area contributed by atoms with Crippen LogP contribution in [0.2, 0.25) is 0 Å². The number of nitro groups is 1. The van der Waals surface area contributed by atoms with Crippen LogP contribution in [0.15, 0.2) is 59.7 Å². The second-order valence-electron chi connectivity index (χ2n) is 5.56.